The lowest BCUT2D eigenvalue weighted by Gasteiger charge is -2.00. The van der Waals surface area contributed by atoms with Gasteiger partial charge in [-0.15, -0.1) is 22.7 Å². The lowest BCUT2D eigenvalue weighted by molar-refractivity contribution is 0.0691. The van der Waals surface area contributed by atoms with Crippen LogP contribution in [0, 0.1) is 0 Å². The zero-order valence-corrected chi connectivity index (χ0v) is 11.2. The van der Waals surface area contributed by atoms with E-state index in [-0.39, 0.29) is 5.69 Å². The monoisotopic (exact) mass is 318 g/mol. The van der Waals surface area contributed by atoms with E-state index in [0.29, 0.717) is 11.7 Å². The molecule has 2 aromatic heterocycles. The number of halogens is 1. The number of carboxylic acid groups (broad SMARTS) is 1. The molecule has 0 aliphatic heterocycles. The van der Waals surface area contributed by atoms with Gasteiger partial charge >= 0.3 is 5.97 Å². The zero-order valence-electron chi connectivity index (χ0n) is 7.94. The highest BCUT2D eigenvalue weighted by Crippen LogP contribution is 2.24. The molecule has 0 saturated carbocycles. The van der Waals surface area contributed by atoms with E-state index < -0.39 is 5.97 Å². The SMILES string of the molecule is O=C(O)c1csc(NCc2sccc2Br)n1. The second kappa shape index (κ2) is 4.94. The van der Waals surface area contributed by atoms with Crippen LogP contribution in [0.4, 0.5) is 5.13 Å². The van der Waals surface area contributed by atoms with Crippen LogP contribution in [0.25, 0.3) is 0 Å². The zero-order chi connectivity index (χ0) is 11.5. The molecule has 0 unspecified atom stereocenters. The minimum Gasteiger partial charge on any atom is -0.476 e. The Bertz CT molecular complexity index is 509. The smallest absolute Gasteiger partial charge is 0.355 e. The van der Waals surface area contributed by atoms with E-state index in [1.807, 2.05) is 11.4 Å². The Morgan fingerprint density at radius 1 is 1.56 bits per heavy atom. The number of aromatic nitrogens is 1. The first-order chi connectivity index (χ1) is 7.66. The van der Waals surface area contributed by atoms with E-state index in [1.165, 1.54) is 16.7 Å². The van der Waals surface area contributed by atoms with Gasteiger partial charge in [0.05, 0.1) is 6.54 Å². The van der Waals surface area contributed by atoms with Crippen LogP contribution in [-0.4, -0.2) is 16.1 Å². The van der Waals surface area contributed by atoms with E-state index in [0.717, 1.165) is 9.35 Å². The van der Waals surface area contributed by atoms with Crippen molar-refractivity contribution in [3.63, 3.8) is 0 Å². The van der Waals surface area contributed by atoms with E-state index in [2.05, 4.69) is 26.2 Å². The number of carbonyl (C=O) groups is 1. The molecular formula is C9H7BrN2O2S2. The summed E-state index contributed by atoms with van der Waals surface area (Å²) in [5.74, 6) is -0.999. The van der Waals surface area contributed by atoms with Crippen molar-refractivity contribution in [2.75, 3.05) is 5.32 Å². The molecule has 0 atom stereocenters. The van der Waals surface area contributed by atoms with Crippen molar-refractivity contribution in [2.24, 2.45) is 0 Å². The third kappa shape index (κ3) is 2.60. The van der Waals surface area contributed by atoms with Crippen LogP contribution in [-0.2, 0) is 6.54 Å². The van der Waals surface area contributed by atoms with Crippen molar-refractivity contribution in [2.45, 2.75) is 6.54 Å². The van der Waals surface area contributed by atoms with Crippen molar-refractivity contribution in [1.29, 1.82) is 0 Å². The fourth-order valence-corrected chi connectivity index (χ4v) is 3.18. The van der Waals surface area contributed by atoms with Crippen molar-refractivity contribution >= 4 is 49.7 Å². The topological polar surface area (TPSA) is 62.2 Å². The number of aromatic carboxylic acids is 1. The Morgan fingerprint density at radius 3 is 2.94 bits per heavy atom. The molecule has 0 fully saturated rings. The van der Waals surface area contributed by atoms with Crippen molar-refractivity contribution in [3.8, 4) is 0 Å². The first-order valence-electron chi connectivity index (χ1n) is 4.31. The van der Waals surface area contributed by atoms with Crippen molar-refractivity contribution in [1.82, 2.24) is 4.98 Å². The van der Waals surface area contributed by atoms with E-state index in [1.54, 1.807) is 11.3 Å². The number of nitrogens with zero attached hydrogens (tertiary/aromatic N) is 1. The summed E-state index contributed by atoms with van der Waals surface area (Å²) in [4.78, 5) is 15.7. The van der Waals surface area contributed by atoms with Crippen molar-refractivity contribution in [3.05, 3.63) is 31.9 Å². The normalized spacial score (nSPS) is 10.3. The molecule has 0 aliphatic rings. The van der Waals surface area contributed by atoms with Gasteiger partial charge in [0.25, 0.3) is 0 Å². The van der Waals surface area contributed by atoms with Gasteiger partial charge in [0, 0.05) is 14.7 Å². The highest BCUT2D eigenvalue weighted by atomic mass is 79.9. The first kappa shape index (κ1) is 11.6. The highest BCUT2D eigenvalue weighted by Gasteiger charge is 2.08. The minimum atomic E-state index is -0.999. The van der Waals surface area contributed by atoms with Crippen LogP contribution in [0.15, 0.2) is 21.3 Å². The first-order valence-corrected chi connectivity index (χ1v) is 6.86. The van der Waals surface area contributed by atoms with E-state index >= 15 is 0 Å². The standard InChI is InChI=1S/C9H7BrN2O2S2/c10-5-1-2-15-7(5)3-11-9-12-6(4-16-9)8(13)14/h1-2,4H,3H2,(H,11,12)(H,13,14). The number of rotatable bonds is 4. The summed E-state index contributed by atoms with van der Waals surface area (Å²) in [7, 11) is 0. The van der Waals surface area contributed by atoms with E-state index in [9.17, 15) is 4.79 Å². The van der Waals surface area contributed by atoms with Gasteiger partial charge in [-0.05, 0) is 27.4 Å². The Hall–Kier alpha value is -0.920. The molecule has 4 nitrogen and oxygen atoms in total. The highest BCUT2D eigenvalue weighted by molar-refractivity contribution is 9.10. The lowest BCUT2D eigenvalue weighted by atomic mass is 10.5. The fourth-order valence-electron chi connectivity index (χ4n) is 1.06. The summed E-state index contributed by atoms with van der Waals surface area (Å²) in [6.07, 6.45) is 0. The van der Waals surface area contributed by atoms with Crippen LogP contribution >= 0.6 is 38.6 Å². The van der Waals surface area contributed by atoms with Crippen LogP contribution in [0.1, 0.15) is 15.4 Å². The summed E-state index contributed by atoms with van der Waals surface area (Å²) >= 11 is 6.35. The van der Waals surface area contributed by atoms with Crippen LogP contribution in [0.5, 0.6) is 0 Å². The molecule has 2 rings (SSSR count). The van der Waals surface area contributed by atoms with Crippen molar-refractivity contribution < 1.29 is 9.90 Å². The number of thiazole rings is 1. The van der Waals surface area contributed by atoms with Gasteiger partial charge in [-0.3, -0.25) is 0 Å². The van der Waals surface area contributed by atoms with Crippen LogP contribution < -0.4 is 5.32 Å². The van der Waals surface area contributed by atoms with Crippen LogP contribution in [0.3, 0.4) is 0 Å². The molecular weight excluding hydrogens is 312 g/mol. The summed E-state index contributed by atoms with van der Waals surface area (Å²) < 4.78 is 1.06. The average molecular weight is 319 g/mol. The number of nitrogens with one attached hydrogen (secondary N) is 1. The van der Waals surface area contributed by atoms with Gasteiger partial charge in [0.15, 0.2) is 10.8 Å². The molecule has 0 aliphatic carbocycles. The largest absolute Gasteiger partial charge is 0.476 e. The number of anilines is 1. The molecule has 0 aromatic carbocycles. The maximum absolute atomic E-state index is 10.6. The molecule has 0 radical (unpaired) electrons. The molecule has 84 valence electrons. The predicted octanol–water partition coefficient (Wildman–Crippen LogP) is 3.28. The van der Waals surface area contributed by atoms with Gasteiger partial charge in [-0.25, -0.2) is 9.78 Å². The summed E-state index contributed by atoms with van der Waals surface area (Å²) in [6, 6.07) is 1.98. The molecule has 2 N–H and O–H groups in total. The molecule has 0 spiro atoms. The predicted molar refractivity (Wildman–Crippen MR) is 68.4 cm³/mol. The maximum atomic E-state index is 10.6. The van der Waals surface area contributed by atoms with Gasteiger partial charge in [0.2, 0.25) is 0 Å². The quantitative estimate of drug-likeness (QED) is 0.908. The van der Waals surface area contributed by atoms with E-state index in [4.69, 9.17) is 5.11 Å². The minimum absolute atomic E-state index is 0.0812. The number of hydrogen-bond donors (Lipinski definition) is 2. The van der Waals surface area contributed by atoms with Gasteiger partial charge in [-0.1, -0.05) is 0 Å². The molecule has 0 saturated heterocycles. The molecule has 0 bridgehead atoms. The average Bonchev–Trinajstić information content (AvgIpc) is 2.83. The molecule has 0 amide bonds. The molecule has 2 aromatic rings. The molecule has 2 heterocycles. The Balaban J connectivity index is 2.00. The molecule has 16 heavy (non-hydrogen) atoms. The lowest BCUT2D eigenvalue weighted by Crippen LogP contribution is -2.00. The second-order valence-corrected chi connectivity index (χ2v) is 5.60. The maximum Gasteiger partial charge on any atom is 0.355 e. The Labute approximate surface area is 108 Å². The second-order valence-electron chi connectivity index (χ2n) is 2.89. The number of carboxylic acids is 1. The third-order valence-corrected chi connectivity index (χ3v) is 4.54. The third-order valence-electron chi connectivity index (χ3n) is 1.81. The molecule has 7 heteroatoms. The summed E-state index contributed by atoms with van der Waals surface area (Å²) in [5.41, 5.74) is 0.0812. The fraction of sp³-hybridized carbons (Fsp3) is 0.111. The van der Waals surface area contributed by atoms with Gasteiger partial charge in [0.1, 0.15) is 0 Å². The van der Waals surface area contributed by atoms with Gasteiger partial charge < -0.3 is 10.4 Å². The number of hydrogen-bond acceptors (Lipinski definition) is 5. The Kier molecular flexibility index (Phi) is 3.57. The Morgan fingerprint density at radius 2 is 2.38 bits per heavy atom. The van der Waals surface area contributed by atoms with Gasteiger partial charge in [-0.2, -0.15) is 0 Å². The summed E-state index contributed by atoms with van der Waals surface area (Å²) in [5, 5.41) is 15.9. The summed E-state index contributed by atoms with van der Waals surface area (Å²) in [6.45, 7) is 0.644. The number of thiophene rings is 1. The van der Waals surface area contributed by atoms with Crippen LogP contribution in [0.2, 0.25) is 0 Å².